The zero-order valence-corrected chi connectivity index (χ0v) is 21.9. The van der Waals surface area contributed by atoms with Crippen molar-refractivity contribution in [1.82, 2.24) is 0 Å². The Balaban J connectivity index is 1.46. The summed E-state index contributed by atoms with van der Waals surface area (Å²) in [6.07, 6.45) is 10.0. The molecule has 1 spiro atoms. The number of benzene rings is 4. The van der Waals surface area contributed by atoms with Gasteiger partial charge in [-0.2, -0.15) is 0 Å². The van der Waals surface area contributed by atoms with Gasteiger partial charge in [0, 0.05) is 14.8 Å². The first-order valence-corrected chi connectivity index (χ1v) is 14.3. The highest BCUT2D eigenvalue weighted by Gasteiger charge is 2.51. The number of hydrogen-bond donors (Lipinski definition) is 0. The highest BCUT2D eigenvalue weighted by molar-refractivity contribution is 7.99. The van der Waals surface area contributed by atoms with Crippen LogP contribution in [-0.2, 0) is 5.41 Å². The fourth-order valence-corrected chi connectivity index (χ4v) is 8.63. The fraction of sp³-hybridized carbons (Fsp3) is 0.143. The Hall–Kier alpha value is -3.26. The first kappa shape index (κ1) is 21.8. The molecule has 1 unspecified atom stereocenters. The topological polar surface area (TPSA) is 0 Å². The van der Waals surface area contributed by atoms with Crippen LogP contribution in [0.3, 0.4) is 0 Å². The highest BCUT2D eigenvalue weighted by atomic mass is 35.5. The van der Waals surface area contributed by atoms with E-state index in [1.54, 1.807) is 0 Å². The zero-order valence-electron chi connectivity index (χ0n) is 20.4. The van der Waals surface area contributed by atoms with Gasteiger partial charge in [-0.05, 0) is 93.5 Å². The molecule has 8 rings (SSSR count). The van der Waals surface area contributed by atoms with Crippen molar-refractivity contribution in [1.29, 1.82) is 0 Å². The minimum atomic E-state index is -0.332. The second-order valence-corrected chi connectivity index (χ2v) is 12.1. The van der Waals surface area contributed by atoms with Crippen LogP contribution in [0.15, 0.2) is 130 Å². The number of rotatable bonds is 1. The quantitative estimate of drug-likeness (QED) is 0.211. The van der Waals surface area contributed by atoms with Crippen molar-refractivity contribution in [3.63, 3.8) is 0 Å². The van der Waals surface area contributed by atoms with Crippen LogP contribution in [0.4, 0.5) is 0 Å². The van der Waals surface area contributed by atoms with Crippen LogP contribution in [0.2, 0.25) is 0 Å². The van der Waals surface area contributed by atoms with Gasteiger partial charge in [0.05, 0.1) is 5.41 Å². The zero-order chi connectivity index (χ0) is 24.6. The van der Waals surface area contributed by atoms with E-state index in [0.717, 1.165) is 24.3 Å². The van der Waals surface area contributed by atoms with Crippen molar-refractivity contribution in [3.8, 4) is 11.1 Å². The second-order valence-electron chi connectivity index (χ2n) is 10.5. The van der Waals surface area contributed by atoms with E-state index in [1.807, 2.05) is 11.8 Å². The molecule has 0 radical (unpaired) electrons. The molecule has 0 amide bonds. The Labute approximate surface area is 227 Å². The molecule has 4 aromatic rings. The summed E-state index contributed by atoms with van der Waals surface area (Å²) in [5, 5.41) is 0.988. The lowest BCUT2D eigenvalue weighted by Gasteiger charge is -2.41. The van der Waals surface area contributed by atoms with Crippen LogP contribution in [0, 0.1) is 5.92 Å². The Kier molecular flexibility index (Phi) is 4.78. The van der Waals surface area contributed by atoms with Gasteiger partial charge in [0.25, 0.3) is 0 Å². The van der Waals surface area contributed by atoms with E-state index in [4.69, 9.17) is 11.6 Å². The lowest BCUT2D eigenvalue weighted by molar-refractivity contribution is 0.568. The SMILES string of the molecule is ClC1=CC2=CC=C(c3cccc4c3C3(c5ccccc5S4)c4ccccc4-c4ccccc43)CC2CC1. The van der Waals surface area contributed by atoms with Crippen molar-refractivity contribution < 1.29 is 0 Å². The first-order chi connectivity index (χ1) is 18.2. The maximum Gasteiger partial charge on any atom is 0.0741 e. The maximum absolute atomic E-state index is 6.41. The van der Waals surface area contributed by atoms with Crippen molar-refractivity contribution in [3.05, 3.63) is 148 Å². The minimum Gasteiger partial charge on any atom is -0.0894 e. The van der Waals surface area contributed by atoms with Crippen LogP contribution in [0.25, 0.3) is 16.7 Å². The molecule has 4 aliphatic rings. The summed E-state index contributed by atoms with van der Waals surface area (Å²) in [5.41, 5.74) is 12.2. The number of allylic oxidation sites excluding steroid dienone is 6. The molecule has 37 heavy (non-hydrogen) atoms. The monoisotopic (exact) mass is 512 g/mol. The predicted octanol–water partition coefficient (Wildman–Crippen LogP) is 9.76. The van der Waals surface area contributed by atoms with Gasteiger partial charge in [-0.15, -0.1) is 0 Å². The Morgan fingerprint density at radius 3 is 2.11 bits per heavy atom. The lowest BCUT2D eigenvalue weighted by atomic mass is 9.64. The van der Waals surface area contributed by atoms with Gasteiger partial charge in [-0.1, -0.05) is 114 Å². The standard InChI is InChI=1S/C35H25ClS/c36-25-19-18-22-20-24(17-16-23(22)21-25)26-10-7-15-33-34(26)35(31-13-5-6-14-32(31)37-33)29-11-3-1-8-27(29)28-9-2-4-12-30(28)35/h1-17,21-22H,18-20H2. The Bertz CT molecular complexity index is 1660. The number of hydrogen-bond acceptors (Lipinski definition) is 1. The van der Waals surface area contributed by atoms with Gasteiger partial charge in [0.15, 0.2) is 0 Å². The maximum atomic E-state index is 6.41. The van der Waals surface area contributed by atoms with Crippen LogP contribution in [0.1, 0.15) is 47.1 Å². The summed E-state index contributed by atoms with van der Waals surface area (Å²) in [7, 11) is 0. The van der Waals surface area contributed by atoms with Crippen LogP contribution in [-0.4, -0.2) is 0 Å². The van der Waals surface area contributed by atoms with Crippen LogP contribution in [0.5, 0.6) is 0 Å². The third-order valence-electron chi connectivity index (χ3n) is 8.68. The number of fused-ring (bicyclic) bond motifs is 10. The summed E-state index contributed by atoms with van der Waals surface area (Å²) in [5.74, 6) is 0.543. The van der Waals surface area contributed by atoms with Gasteiger partial charge in [0.1, 0.15) is 0 Å². The lowest BCUT2D eigenvalue weighted by Crippen LogP contribution is -2.33. The normalized spacial score (nSPS) is 20.0. The average Bonchev–Trinajstić information content (AvgIpc) is 3.23. The molecule has 0 saturated carbocycles. The van der Waals surface area contributed by atoms with Crippen molar-refractivity contribution in [2.75, 3.05) is 0 Å². The molecule has 2 heteroatoms. The summed E-state index contributed by atoms with van der Waals surface area (Å²) >= 11 is 8.33. The van der Waals surface area contributed by atoms with E-state index < -0.39 is 0 Å². The average molecular weight is 513 g/mol. The largest absolute Gasteiger partial charge is 0.0894 e. The molecule has 4 aromatic carbocycles. The summed E-state index contributed by atoms with van der Waals surface area (Å²) < 4.78 is 0. The fourth-order valence-electron chi connectivity index (χ4n) is 7.17. The number of halogens is 1. The second kappa shape index (κ2) is 8.12. The van der Waals surface area contributed by atoms with E-state index in [9.17, 15) is 0 Å². The minimum absolute atomic E-state index is 0.332. The molecule has 178 valence electrons. The molecule has 0 aromatic heterocycles. The van der Waals surface area contributed by atoms with E-state index >= 15 is 0 Å². The molecule has 0 N–H and O–H groups in total. The van der Waals surface area contributed by atoms with E-state index in [1.165, 1.54) is 59.9 Å². The highest BCUT2D eigenvalue weighted by Crippen LogP contribution is 2.63. The molecule has 1 heterocycles. The van der Waals surface area contributed by atoms with Crippen LogP contribution < -0.4 is 0 Å². The first-order valence-electron chi connectivity index (χ1n) is 13.1. The van der Waals surface area contributed by atoms with E-state index in [0.29, 0.717) is 5.92 Å². The molecular weight excluding hydrogens is 488 g/mol. The van der Waals surface area contributed by atoms with Gasteiger partial charge in [-0.25, -0.2) is 0 Å². The van der Waals surface area contributed by atoms with Crippen molar-refractivity contribution in [2.45, 2.75) is 34.5 Å². The molecule has 0 fully saturated rings. The molecular formula is C35H25ClS. The van der Waals surface area contributed by atoms with Crippen molar-refractivity contribution in [2.24, 2.45) is 5.92 Å². The molecule has 1 aliphatic heterocycles. The summed E-state index contributed by atoms with van der Waals surface area (Å²) in [4.78, 5) is 2.72. The van der Waals surface area contributed by atoms with Gasteiger partial charge in [0.2, 0.25) is 0 Å². The van der Waals surface area contributed by atoms with Gasteiger partial charge < -0.3 is 0 Å². The molecule has 0 nitrogen and oxygen atoms in total. The van der Waals surface area contributed by atoms with Crippen molar-refractivity contribution >= 4 is 28.9 Å². The molecule has 0 bridgehead atoms. The Morgan fingerprint density at radius 2 is 1.32 bits per heavy atom. The summed E-state index contributed by atoms with van der Waals surface area (Å²) in [6, 6.07) is 34.2. The smallest absolute Gasteiger partial charge is 0.0741 e. The predicted molar refractivity (Wildman–Crippen MR) is 155 cm³/mol. The Morgan fingerprint density at radius 1 is 0.676 bits per heavy atom. The van der Waals surface area contributed by atoms with Crippen LogP contribution >= 0.6 is 23.4 Å². The van der Waals surface area contributed by atoms with E-state index in [2.05, 4.69) is 109 Å². The molecule has 0 saturated heterocycles. The summed E-state index contributed by atoms with van der Waals surface area (Å²) in [6.45, 7) is 0. The van der Waals surface area contributed by atoms with Gasteiger partial charge in [-0.3, -0.25) is 0 Å². The van der Waals surface area contributed by atoms with Gasteiger partial charge >= 0.3 is 0 Å². The third-order valence-corrected chi connectivity index (χ3v) is 10.1. The molecule has 1 atom stereocenters. The van der Waals surface area contributed by atoms with E-state index in [-0.39, 0.29) is 5.41 Å². The third kappa shape index (κ3) is 2.99. The molecule has 3 aliphatic carbocycles.